The van der Waals surface area contributed by atoms with Gasteiger partial charge in [0.05, 0.1) is 11.7 Å². The van der Waals surface area contributed by atoms with Gasteiger partial charge in [-0.25, -0.2) is 13.2 Å². The molecule has 164 valence electrons. The highest BCUT2D eigenvalue weighted by atomic mass is 19.2. The second-order valence-corrected chi connectivity index (χ2v) is 8.96. The Morgan fingerprint density at radius 1 is 0.903 bits per heavy atom. The Morgan fingerprint density at radius 3 is 2.45 bits per heavy atom. The van der Waals surface area contributed by atoms with Crippen molar-refractivity contribution in [1.82, 2.24) is 0 Å². The Hall–Kier alpha value is -2.25. The van der Waals surface area contributed by atoms with Gasteiger partial charge in [-0.15, -0.1) is 0 Å². The molecule has 4 heteroatoms. The van der Waals surface area contributed by atoms with Gasteiger partial charge in [0, 0.05) is 12.2 Å². The fraction of sp³-hybridized carbons (Fsp3) is 0.481. The van der Waals surface area contributed by atoms with Gasteiger partial charge in [-0.1, -0.05) is 24.0 Å². The van der Waals surface area contributed by atoms with E-state index in [1.165, 1.54) is 25.1 Å². The second-order valence-electron chi connectivity index (χ2n) is 8.96. The van der Waals surface area contributed by atoms with Crippen molar-refractivity contribution in [3.8, 4) is 11.8 Å². The third-order valence-corrected chi connectivity index (χ3v) is 7.02. The number of aryl methyl sites for hydroxylation is 1. The monoisotopic (exact) mass is 426 g/mol. The molecule has 4 atom stereocenters. The van der Waals surface area contributed by atoms with Gasteiger partial charge >= 0.3 is 0 Å². The number of hydrogen-bond donors (Lipinski definition) is 0. The summed E-state index contributed by atoms with van der Waals surface area (Å²) in [5, 5.41) is 0. The molecule has 2 saturated carbocycles. The Labute approximate surface area is 183 Å². The summed E-state index contributed by atoms with van der Waals surface area (Å²) in [6.07, 6.45) is 6.94. The minimum absolute atomic E-state index is 0.0198. The van der Waals surface area contributed by atoms with Crippen LogP contribution in [0.3, 0.4) is 0 Å². The molecule has 0 saturated heterocycles. The summed E-state index contributed by atoms with van der Waals surface area (Å²) in [4.78, 5) is 0. The van der Waals surface area contributed by atoms with Crippen molar-refractivity contribution in [1.29, 1.82) is 0 Å². The van der Waals surface area contributed by atoms with Crippen molar-refractivity contribution in [3.63, 3.8) is 0 Å². The van der Waals surface area contributed by atoms with Crippen LogP contribution in [0.4, 0.5) is 13.2 Å². The number of fused-ring (bicyclic) bond motifs is 1. The van der Waals surface area contributed by atoms with E-state index in [0.29, 0.717) is 23.5 Å². The van der Waals surface area contributed by atoms with Crippen molar-refractivity contribution in [3.05, 3.63) is 70.0 Å². The maximum absolute atomic E-state index is 14.9. The van der Waals surface area contributed by atoms with Crippen molar-refractivity contribution >= 4 is 0 Å². The third kappa shape index (κ3) is 4.83. The molecule has 2 aromatic carbocycles. The first-order valence-electron chi connectivity index (χ1n) is 11.3. The Bertz CT molecular complexity index is 1000. The summed E-state index contributed by atoms with van der Waals surface area (Å²) >= 11 is 0. The number of hydrogen-bond acceptors (Lipinski definition) is 1. The smallest absolute Gasteiger partial charge is 0.174 e. The summed E-state index contributed by atoms with van der Waals surface area (Å²) in [6.45, 7) is 4.33. The lowest BCUT2D eigenvalue weighted by molar-refractivity contribution is -0.00968. The van der Waals surface area contributed by atoms with E-state index < -0.39 is 11.6 Å². The molecule has 0 aliphatic heterocycles. The van der Waals surface area contributed by atoms with Crippen molar-refractivity contribution in [2.75, 3.05) is 6.61 Å². The van der Waals surface area contributed by atoms with Crippen LogP contribution in [-0.4, -0.2) is 12.7 Å². The van der Waals surface area contributed by atoms with E-state index in [-0.39, 0.29) is 22.9 Å². The highest BCUT2D eigenvalue weighted by Crippen LogP contribution is 2.47. The topological polar surface area (TPSA) is 9.23 Å². The largest absolute Gasteiger partial charge is 0.378 e. The summed E-state index contributed by atoms with van der Waals surface area (Å²) in [7, 11) is 0. The average Bonchev–Trinajstić information content (AvgIpc) is 2.77. The summed E-state index contributed by atoms with van der Waals surface area (Å²) in [5.74, 6) is 4.87. The lowest BCUT2D eigenvalue weighted by Crippen LogP contribution is -2.33. The Morgan fingerprint density at radius 2 is 1.68 bits per heavy atom. The molecule has 1 nitrogen and oxygen atoms in total. The van der Waals surface area contributed by atoms with Crippen LogP contribution in [0.5, 0.6) is 0 Å². The Kier molecular flexibility index (Phi) is 6.72. The molecule has 2 fully saturated rings. The van der Waals surface area contributed by atoms with Crippen LogP contribution >= 0.6 is 0 Å². The fourth-order valence-electron chi connectivity index (χ4n) is 5.33. The first-order valence-corrected chi connectivity index (χ1v) is 11.3. The molecule has 31 heavy (non-hydrogen) atoms. The average molecular weight is 427 g/mol. The lowest BCUT2D eigenvalue weighted by atomic mass is 9.65. The van der Waals surface area contributed by atoms with E-state index in [2.05, 4.69) is 18.8 Å². The van der Waals surface area contributed by atoms with Gasteiger partial charge in [0.25, 0.3) is 0 Å². The molecule has 2 aliphatic carbocycles. The van der Waals surface area contributed by atoms with E-state index in [4.69, 9.17) is 4.74 Å². The number of rotatable bonds is 3. The van der Waals surface area contributed by atoms with E-state index in [1.807, 2.05) is 6.07 Å². The van der Waals surface area contributed by atoms with Crippen molar-refractivity contribution in [2.24, 2.45) is 11.8 Å². The molecule has 2 aliphatic rings. The standard InChI is InChI=1S/C27H29F3O/c1-3-31-23-12-11-20-15-22(10-9-21(20)16-23)24-13-6-18(14-25(24)28)5-8-19-7-4-17(2)26(29)27(19)30/h4,6-7,13-14,20-23H,3,9-12,15-16H2,1-2H3. The molecule has 2 aromatic rings. The quantitative estimate of drug-likeness (QED) is 0.485. The maximum Gasteiger partial charge on any atom is 0.174 e. The van der Waals surface area contributed by atoms with E-state index in [0.717, 1.165) is 50.7 Å². The van der Waals surface area contributed by atoms with Gasteiger partial charge in [0.15, 0.2) is 11.6 Å². The zero-order chi connectivity index (χ0) is 22.0. The van der Waals surface area contributed by atoms with Gasteiger partial charge in [-0.05, 0) is 99.5 Å². The molecule has 0 bridgehead atoms. The van der Waals surface area contributed by atoms with Crippen LogP contribution in [-0.2, 0) is 4.74 Å². The van der Waals surface area contributed by atoms with E-state index in [1.54, 1.807) is 6.07 Å². The minimum atomic E-state index is -0.958. The van der Waals surface area contributed by atoms with Crippen LogP contribution in [0.25, 0.3) is 0 Å². The van der Waals surface area contributed by atoms with Crippen LogP contribution in [0.15, 0.2) is 30.3 Å². The summed E-state index contributed by atoms with van der Waals surface area (Å²) < 4.78 is 48.5. The van der Waals surface area contributed by atoms with Crippen molar-refractivity contribution < 1.29 is 17.9 Å². The van der Waals surface area contributed by atoms with Crippen LogP contribution < -0.4 is 0 Å². The molecule has 0 spiro atoms. The normalized spacial score (nSPS) is 25.5. The SMILES string of the molecule is CCOC1CCC2CC(c3ccc(C#Cc4ccc(C)c(F)c4F)cc3F)CCC2C1. The molecule has 0 aromatic heterocycles. The molecule has 0 heterocycles. The third-order valence-electron chi connectivity index (χ3n) is 7.02. The van der Waals surface area contributed by atoms with E-state index in [9.17, 15) is 13.2 Å². The number of benzene rings is 2. The fourth-order valence-corrected chi connectivity index (χ4v) is 5.33. The first kappa shape index (κ1) is 22.0. The number of halogens is 3. The van der Waals surface area contributed by atoms with Gasteiger partial charge in [0.1, 0.15) is 5.82 Å². The Balaban J connectivity index is 1.45. The van der Waals surface area contributed by atoms with Gasteiger partial charge in [-0.2, -0.15) is 0 Å². The van der Waals surface area contributed by atoms with Gasteiger partial charge in [-0.3, -0.25) is 0 Å². The zero-order valence-electron chi connectivity index (χ0n) is 18.2. The van der Waals surface area contributed by atoms with Gasteiger partial charge < -0.3 is 4.74 Å². The van der Waals surface area contributed by atoms with Gasteiger partial charge in [0.2, 0.25) is 0 Å². The predicted octanol–water partition coefficient (Wildman–Crippen LogP) is 6.90. The molecular formula is C27H29F3O. The molecule has 0 N–H and O–H groups in total. The van der Waals surface area contributed by atoms with Crippen LogP contribution in [0, 0.1) is 48.1 Å². The molecule has 4 unspecified atom stereocenters. The lowest BCUT2D eigenvalue weighted by Gasteiger charge is -2.42. The van der Waals surface area contributed by atoms with Crippen molar-refractivity contribution in [2.45, 2.75) is 64.4 Å². The van der Waals surface area contributed by atoms with Crippen LogP contribution in [0.2, 0.25) is 0 Å². The molecule has 4 rings (SSSR count). The minimum Gasteiger partial charge on any atom is -0.378 e. The second kappa shape index (κ2) is 9.49. The number of ether oxygens (including phenoxy) is 1. The highest BCUT2D eigenvalue weighted by Gasteiger charge is 2.36. The molecule has 0 radical (unpaired) electrons. The zero-order valence-corrected chi connectivity index (χ0v) is 18.2. The summed E-state index contributed by atoms with van der Waals surface area (Å²) in [5.41, 5.74) is 1.43. The highest BCUT2D eigenvalue weighted by molar-refractivity contribution is 5.45. The molecular weight excluding hydrogens is 397 g/mol. The van der Waals surface area contributed by atoms with E-state index >= 15 is 0 Å². The molecule has 0 amide bonds. The predicted molar refractivity (Wildman–Crippen MR) is 116 cm³/mol. The first-order chi connectivity index (χ1) is 15.0. The summed E-state index contributed by atoms with van der Waals surface area (Å²) in [6, 6.07) is 7.96. The maximum atomic E-state index is 14.9. The van der Waals surface area contributed by atoms with Crippen LogP contribution in [0.1, 0.15) is 73.6 Å².